The quantitative estimate of drug-likeness (QED) is 0.504. The molecule has 0 unspecified atom stereocenters. The van der Waals surface area contributed by atoms with Crippen LogP contribution >= 0.6 is 0 Å². The first-order valence-electron chi connectivity index (χ1n) is 5.43. The Morgan fingerprint density at radius 1 is 1.39 bits per heavy atom. The highest BCUT2D eigenvalue weighted by atomic mass is 16.5. The summed E-state index contributed by atoms with van der Waals surface area (Å²) in [5.41, 5.74) is 5.60. The molecule has 0 heterocycles. The van der Waals surface area contributed by atoms with Crippen molar-refractivity contribution in [1.82, 2.24) is 0 Å². The highest BCUT2D eigenvalue weighted by Gasteiger charge is 2.12. The predicted octanol–water partition coefficient (Wildman–Crippen LogP) is 0.515. The Kier molecular flexibility index (Phi) is 4.86. The fourth-order valence-corrected chi connectivity index (χ4v) is 1.37. The number of primary amides is 1. The van der Waals surface area contributed by atoms with Gasteiger partial charge in [0.15, 0.2) is 0 Å². The van der Waals surface area contributed by atoms with Crippen LogP contribution in [0.3, 0.4) is 0 Å². The van der Waals surface area contributed by atoms with E-state index in [1.165, 1.54) is 0 Å². The molecule has 1 amide bonds. The van der Waals surface area contributed by atoms with E-state index in [0.717, 1.165) is 0 Å². The number of amides is 1. The fourth-order valence-electron chi connectivity index (χ4n) is 1.37. The van der Waals surface area contributed by atoms with Crippen molar-refractivity contribution in [3.63, 3.8) is 0 Å². The van der Waals surface area contributed by atoms with Gasteiger partial charge in [-0.2, -0.15) is 0 Å². The summed E-state index contributed by atoms with van der Waals surface area (Å²) in [5, 5.41) is 10.4. The molecule has 0 aliphatic rings. The number of para-hydroxylation sites is 1. The van der Waals surface area contributed by atoms with Crippen molar-refractivity contribution in [1.29, 1.82) is 5.41 Å². The van der Waals surface area contributed by atoms with E-state index in [4.69, 9.17) is 15.9 Å². The number of benzene rings is 1. The summed E-state index contributed by atoms with van der Waals surface area (Å²) in [5.74, 6) is -1.22. The summed E-state index contributed by atoms with van der Waals surface area (Å²) in [6.45, 7) is 1.99. The summed E-state index contributed by atoms with van der Waals surface area (Å²) in [7, 11) is 0. The van der Waals surface area contributed by atoms with Crippen LogP contribution in [0.1, 0.15) is 12.5 Å². The average Bonchev–Trinajstić information content (AvgIpc) is 2.36. The van der Waals surface area contributed by atoms with Gasteiger partial charge in [0, 0.05) is 11.3 Å². The first kappa shape index (κ1) is 13.7. The molecule has 0 aromatic heterocycles. The number of ether oxygens (including phenoxy) is 1. The molecule has 0 radical (unpaired) electrons. The van der Waals surface area contributed by atoms with Crippen LogP contribution in [-0.2, 0) is 14.3 Å². The van der Waals surface area contributed by atoms with Crippen molar-refractivity contribution in [2.45, 2.75) is 6.92 Å². The summed E-state index contributed by atoms with van der Waals surface area (Å²) >= 11 is 0. The van der Waals surface area contributed by atoms with Gasteiger partial charge in [-0.05, 0) is 13.0 Å². The largest absolute Gasteiger partial charge is 0.465 e. The molecule has 18 heavy (non-hydrogen) atoms. The summed E-state index contributed by atoms with van der Waals surface area (Å²) < 4.78 is 4.76. The number of nitrogens with one attached hydrogen (secondary N) is 2. The van der Waals surface area contributed by atoms with Crippen LogP contribution in [0.25, 0.3) is 0 Å². The van der Waals surface area contributed by atoms with Crippen LogP contribution in [0.4, 0.5) is 5.69 Å². The molecular formula is C12H15N3O3. The van der Waals surface area contributed by atoms with E-state index in [0.29, 0.717) is 17.9 Å². The van der Waals surface area contributed by atoms with E-state index in [1.54, 1.807) is 31.2 Å². The van der Waals surface area contributed by atoms with E-state index in [9.17, 15) is 9.59 Å². The third kappa shape index (κ3) is 3.58. The van der Waals surface area contributed by atoms with E-state index < -0.39 is 11.9 Å². The Morgan fingerprint density at radius 2 is 2.06 bits per heavy atom. The average molecular weight is 249 g/mol. The molecule has 1 rings (SSSR count). The topological polar surface area (TPSA) is 105 Å². The fraction of sp³-hybridized carbons (Fsp3) is 0.250. The van der Waals surface area contributed by atoms with Gasteiger partial charge in [0.2, 0.25) is 0 Å². The van der Waals surface area contributed by atoms with Gasteiger partial charge in [0.25, 0.3) is 5.91 Å². The Hall–Kier alpha value is -2.37. The van der Waals surface area contributed by atoms with Gasteiger partial charge in [0.05, 0.1) is 6.61 Å². The molecule has 1 aromatic rings. The monoisotopic (exact) mass is 249 g/mol. The van der Waals surface area contributed by atoms with Crippen molar-refractivity contribution in [2.24, 2.45) is 5.73 Å². The first-order valence-corrected chi connectivity index (χ1v) is 5.43. The van der Waals surface area contributed by atoms with Crippen LogP contribution in [0.2, 0.25) is 0 Å². The van der Waals surface area contributed by atoms with Gasteiger partial charge in [-0.3, -0.25) is 15.0 Å². The van der Waals surface area contributed by atoms with E-state index in [-0.39, 0.29) is 12.3 Å². The zero-order valence-electron chi connectivity index (χ0n) is 10.0. The van der Waals surface area contributed by atoms with Gasteiger partial charge in [-0.15, -0.1) is 0 Å². The summed E-state index contributed by atoms with van der Waals surface area (Å²) in [6.07, 6.45) is 0. The van der Waals surface area contributed by atoms with E-state index in [2.05, 4.69) is 5.32 Å². The summed E-state index contributed by atoms with van der Waals surface area (Å²) in [4.78, 5) is 22.2. The normalized spacial score (nSPS) is 9.61. The van der Waals surface area contributed by atoms with Crippen LogP contribution in [0.15, 0.2) is 24.3 Å². The lowest BCUT2D eigenvalue weighted by Gasteiger charge is -2.10. The van der Waals surface area contributed by atoms with Gasteiger partial charge in [-0.25, -0.2) is 0 Å². The number of carbonyl (C=O) groups is 2. The zero-order chi connectivity index (χ0) is 13.5. The lowest BCUT2D eigenvalue weighted by molar-refractivity contribution is -0.140. The maximum Gasteiger partial charge on any atom is 0.325 e. The first-order chi connectivity index (χ1) is 8.56. The molecule has 0 spiro atoms. The van der Waals surface area contributed by atoms with Gasteiger partial charge >= 0.3 is 5.97 Å². The molecule has 0 fully saturated rings. The second-order valence-electron chi connectivity index (χ2n) is 3.44. The molecule has 0 atom stereocenters. The number of carbonyl (C=O) groups excluding carboxylic acids is 2. The molecule has 0 aliphatic heterocycles. The third-order valence-electron chi connectivity index (χ3n) is 2.17. The van der Waals surface area contributed by atoms with E-state index in [1.807, 2.05) is 0 Å². The zero-order valence-corrected chi connectivity index (χ0v) is 10.0. The number of anilines is 1. The third-order valence-corrected chi connectivity index (χ3v) is 2.17. The molecule has 0 saturated carbocycles. The molecule has 0 aliphatic carbocycles. The van der Waals surface area contributed by atoms with Crippen LogP contribution in [0, 0.1) is 5.41 Å². The number of hydrogen-bond donors (Lipinski definition) is 3. The Morgan fingerprint density at radius 3 is 2.67 bits per heavy atom. The van der Waals surface area contributed by atoms with Crippen molar-refractivity contribution >= 4 is 23.3 Å². The molecule has 4 N–H and O–H groups in total. The van der Waals surface area contributed by atoms with Crippen LogP contribution < -0.4 is 11.1 Å². The molecule has 96 valence electrons. The second kappa shape index (κ2) is 6.39. The van der Waals surface area contributed by atoms with Crippen molar-refractivity contribution in [2.75, 3.05) is 18.5 Å². The maximum atomic E-state index is 11.2. The SMILES string of the molecule is CCOC(=O)CNc1ccccc1C(=N)C(N)=O. The molecule has 0 bridgehead atoms. The summed E-state index contributed by atoms with van der Waals surface area (Å²) in [6, 6.07) is 6.65. The Bertz CT molecular complexity index is 471. The van der Waals surface area contributed by atoms with E-state index >= 15 is 0 Å². The Labute approximate surface area is 105 Å². The standard InChI is InChI=1S/C12H15N3O3/c1-2-18-10(16)7-15-9-6-4-3-5-8(9)11(13)12(14)17/h3-6,13,15H,2,7H2,1H3,(H2,14,17). The molecule has 0 saturated heterocycles. The maximum absolute atomic E-state index is 11.2. The lowest BCUT2D eigenvalue weighted by Crippen LogP contribution is -2.25. The number of esters is 1. The highest BCUT2D eigenvalue weighted by Crippen LogP contribution is 2.15. The molecular weight excluding hydrogens is 234 g/mol. The Balaban J connectivity index is 2.80. The minimum absolute atomic E-state index is 0.0309. The van der Waals surface area contributed by atoms with Gasteiger partial charge < -0.3 is 15.8 Å². The number of hydrogen-bond acceptors (Lipinski definition) is 5. The molecule has 6 nitrogen and oxygen atoms in total. The number of rotatable bonds is 6. The number of nitrogens with two attached hydrogens (primary N) is 1. The minimum Gasteiger partial charge on any atom is -0.465 e. The second-order valence-corrected chi connectivity index (χ2v) is 3.44. The van der Waals surface area contributed by atoms with Crippen molar-refractivity contribution in [3.05, 3.63) is 29.8 Å². The predicted molar refractivity (Wildman–Crippen MR) is 67.6 cm³/mol. The highest BCUT2D eigenvalue weighted by molar-refractivity contribution is 6.44. The van der Waals surface area contributed by atoms with Gasteiger partial charge in [-0.1, -0.05) is 18.2 Å². The lowest BCUT2D eigenvalue weighted by atomic mass is 10.1. The van der Waals surface area contributed by atoms with Gasteiger partial charge in [0.1, 0.15) is 12.3 Å². The van der Waals surface area contributed by atoms with Crippen molar-refractivity contribution in [3.8, 4) is 0 Å². The van der Waals surface area contributed by atoms with Crippen LogP contribution in [-0.4, -0.2) is 30.7 Å². The minimum atomic E-state index is -0.819. The van der Waals surface area contributed by atoms with Crippen LogP contribution in [0.5, 0.6) is 0 Å². The van der Waals surface area contributed by atoms with Crippen molar-refractivity contribution < 1.29 is 14.3 Å². The molecule has 1 aromatic carbocycles. The molecule has 6 heteroatoms. The smallest absolute Gasteiger partial charge is 0.325 e.